The number of hydrogen-bond acceptors (Lipinski definition) is 2. The average Bonchev–Trinajstić information content (AvgIpc) is 2.13. The van der Waals surface area contributed by atoms with E-state index >= 15 is 0 Å². The molecule has 1 atom stereocenters. The second-order valence-electron chi connectivity index (χ2n) is 4.41. The summed E-state index contributed by atoms with van der Waals surface area (Å²) in [4.78, 5) is 4.96. The van der Waals surface area contributed by atoms with Gasteiger partial charge in [0.15, 0.2) is 0 Å². The first-order valence-electron chi connectivity index (χ1n) is 5.00. The quantitative estimate of drug-likeness (QED) is 0.585. The van der Waals surface area contributed by atoms with Gasteiger partial charge in [0.05, 0.1) is 0 Å². The van der Waals surface area contributed by atoms with Crippen molar-refractivity contribution < 1.29 is 0 Å². The highest BCUT2D eigenvalue weighted by Gasteiger charge is 2.22. The number of hydrogen-bond donors (Lipinski definition) is 0. The molecule has 1 aliphatic rings. The Bertz CT molecular complexity index is 134. The summed E-state index contributed by atoms with van der Waals surface area (Å²) >= 11 is 0. The average molecular weight is 170 g/mol. The highest BCUT2D eigenvalue weighted by Crippen LogP contribution is 2.13. The van der Waals surface area contributed by atoms with Crippen molar-refractivity contribution >= 4 is 0 Å². The van der Waals surface area contributed by atoms with Crippen LogP contribution in [0.5, 0.6) is 0 Å². The summed E-state index contributed by atoms with van der Waals surface area (Å²) in [5, 5.41) is 0. The van der Waals surface area contributed by atoms with Crippen molar-refractivity contribution in [2.75, 3.05) is 33.7 Å². The Morgan fingerprint density at radius 1 is 1.17 bits per heavy atom. The maximum absolute atomic E-state index is 2.51. The molecule has 1 aliphatic heterocycles. The second kappa shape index (κ2) is 4.24. The summed E-state index contributed by atoms with van der Waals surface area (Å²) in [6, 6.07) is 0.748. The molecule has 0 aliphatic carbocycles. The van der Waals surface area contributed by atoms with Gasteiger partial charge in [0.1, 0.15) is 0 Å². The lowest BCUT2D eigenvalue weighted by molar-refractivity contribution is 0.178. The molecule has 1 rings (SSSR count). The van der Waals surface area contributed by atoms with Gasteiger partial charge in [-0.3, -0.25) is 0 Å². The largest absolute Gasteiger partial charge is 0.305 e. The van der Waals surface area contributed by atoms with Crippen LogP contribution >= 0.6 is 0 Å². The van der Waals surface area contributed by atoms with E-state index in [1.807, 2.05) is 0 Å². The van der Waals surface area contributed by atoms with Gasteiger partial charge in [0, 0.05) is 12.6 Å². The predicted molar refractivity (Wildman–Crippen MR) is 53.4 cm³/mol. The molecule has 0 unspecified atom stereocenters. The molecule has 72 valence electrons. The van der Waals surface area contributed by atoms with Gasteiger partial charge in [-0.2, -0.15) is 0 Å². The van der Waals surface area contributed by atoms with E-state index in [1.54, 1.807) is 0 Å². The summed E-state index contributed by atoms with van der Waals surface area (Å²) in [5.41, 5.74) is 0. The van der Waals surface area contributed by atoms with Gasteiger partial charge in [0.2, 0.25) is 0 Å². The fraction of sp³-hybridized carbons (Fsp3) is 1.00. The fourth-order valence-corrected chi connectivity index (χ4v) is 2.03. The van der Waals surface area contributed by atoms with Gasteiger partial charge in [-0.25, -0.2) is 0 Å². The number of rotatable bonds is 1. The van der Waals surface area contributed by atoms with Crippen molar-refractivity contribution in [3.63, 3.8) is 0 Å². The molecule has 2 heteroatoms. The molecule has 0 aromatic rings. The molecule has 0 bridgehead atoms. The first kappa shape index (κ1) is 10.0. The maximum Gasteiger partial charge on any atom is 0.0242 e. The van der Waals surface area contributed by atoms with E-state index in [-0.39, 0.29) is 0 Å². The van der Waals surface area contributed by atoms with Crippen LogP contribution < -0.4 is 0 Å². The lowest BCUT2D eigenvalue weighted by Crippen LogP contribution is -2.41. The van der Waals surface area contributed by atoms with Gasteiger partial charge in [0.25, 0.3) is 0 Å². The minimum Gasteiger partial charge on any atom is -0.305 e. The number of likely N-dealkylation sites (N-methyl/N-ethyl adjacent to an activating group) is 2. The summed E-state index contributed by atoms with van der Waals surface area (Å²) in [5.74, 6) is 0.774. The van der Waals surface area contributed by atoms with Crippen LogP contribution in [0.15, 0.2) is 0 Å². The molecule has 0 radical (unpaired) electrons. The van der Waals surface area contributed by atoms with E-state index in [0.29, 0.717) is 0 Å². The van der Waals surface area contributed by atoms with Crippen molar-refractivity contribution in [1.82, 2.24) is 9.80 Å². The minimum atomic E-state index is 0.748. The Balaban J connectivity index is 2.54. The van der Waals surface area contributed by atoms with Crippen LogP contribution in [0, 0.1) is 5.92 Å². The van der Waals surface area contributed by atoms with E-state index < -0.39 is 0 Å². The molecule has 1 fully saturated rings. The third kappa shape index (κ3) is 2.46. The van der Waals surface area contributed by atoms with Crippen LogP contribution in [0.4, 0.5) is 0 Å². The van der Waals surface area contributed by atoms with Gasteiger partial charge in [-0.05, 0) is 39.5 Å². The van der Waals surface area contributed by atoms with E-state index in [1.165, 1.54) is 26.1 Å². The molecular weight excluding hydrogens is 148 g/mol. The summed E-state index contributed by atoms with van der Waals surface area (Å²) < 4.78 is 0. The van der Waals surface area contributed by atoms with E-state index in [4.69, 9.17) is 0 Å². The maximum atomic E-state index is 2.51. The van der Waals surface area contributed by atoms with Gasteiger partial charge in [-0.1, -0.05) is 13.8 Å². The van der Waals surface area contributed by atoms with Gasteiger partial charge in [-0.15, -0.1) is 0 Å². The van der Waals surface area contributed by atoms with Crippen molar-refractivity contribution in [1.29, 1.82) is 0 Å². The van der Waals surface area contributed by atoms with E-state index in [2.05, 4.69) is 37.7 Å². The standard InChI is InChI=1S/C10H22N2/c1-9(2)10-8-11(3)6-5-7-12(10)4/h9-10H,5-8H2,1-4H3/t10-/m1/s1. The molecule has 2 nitrogen and oxygen atoms in total. The molecule has 0 saturated carbocycles. The predicted octanol–water partition coefficient (Wildman–Crippen LogP) is 1.28. The van der Waals surface area contributed by atoms with Gasteiger partial charge >= 0.3 is 0 Å². The lowest BCUT2D eigenvalue weighted by atomic mass is 10.0. The zero-order valence-electron chi connectivity index (χ0n) is 8.88. The summed E-state index contributed by atoms with van der Waals surface area (Å²) in [6.45, 7) is 8.38. The second-order valence-corrected chi connectivity index (χ2v) is 4.41. The smallest absolute Gasteiger partial charge is 0.0242 e. The number of nitrogens with zero attached hydrogens (tertiary/aromatic N) is 2. The van der Waals surface area contributed by atoms with Crippen LogP contribution in [0.25, 0.3) is 0 Å². The molecule has 1 heterocycles. The Hall–Kier alpha value is -0.0800. The van der Waals surface area contributed by atoms with Crippen molar-refractivity contribution in [3.05, 3.63) is 0 Å². The Labute approximate surface area is 76.5 Å². The van der Waals surface area contributed by atoms with Crippen molar-refractivity contribution in [2.24, 2.45) is 5.92 Å². The van der Waals surface area contributed by atoms with E-state index in [9.17, 15) is 0 Å². The topological polar surface area (TPSA) is 6.48 Å². The fourth-order valence-electron chi connectivity index (χ4n) is 2.03. The van der Waals surface area contributed by atoms with Crippen molar-refractivity contribution in [3.8, 4) is 0 Å². The highest BCUT2D eigenvalue weighted by atomic mass is 15.2. The normalized spacial score (nSPS) is 29.2. The molecule has 0 spiro atoms. The monoisotopic (exact) mass is 170 g/mol. The minimum absolute atomic E-state index is 0.748. The van der Waals surface area contributed by atoms with Crippen LogP contribution in [0.2, 0.25) is 0 Å². The third-order valence-corrected chi connectivity index (χ3v) is 2.89. The van der Waals surface area contributed by atoms with Crippen LogP contribution in [-0.2, 0) is 0 Å². The zero-order valence-corrected chi connectivity index (χ0v) is 8.88. The molecular formula is C10H22N2. The van der Waals surface area contributed by atoms with Gasteiger partial charge < -0.3 is 9.80 Å². The van der Waals surface area contributed by atoms with Crippen molar-refractivity contribution in [2.45, 2.75) is 26.3 Å². The first-order chi connectivity index (χ1) is 5.61. The molecule has 0 aromatic heterocycles. The molecule has 0 amide bonds. The van der Waals surface area contributed by atoms with Crippen LogP contribution in [0.1, 0.15) is 20.3 Å². The lowest BCUT2D eigenvalue weighted by Gasteiger charge is -2.30. The Morgan fingerprint density at radius 2 is 1.83 bits per heavy atom. The Morgan fingerprint density at radius 3 is 2.42 bits per heavy atom. The van der Waals surface area contributed by atoms with Crippen LogP contribution in [-0.4, -0.2) is 49.6 Å². The first-order valence-corrected chi connectivity index (χ1v) is 5.00. The summed E-state index contributed by atoms with van der Waals surface area (Å²) in [6.07, 6.45) is 1.32. The Kier molecular flexibility index (Phi) is 3.53. The highest BCUT2D eigenvalue weighted by molar-refractivity contribution is 4.78. The summed E-state index contributed by atoms with van der Waals surface area (Å²) in [7, 11) is 4.48. The van der Waals surface area contributed by atoms with E-state index in [0.717, 1.165) is 12.0 Å². The zero-order chi connectivity index (χ0) is 9.14. The molecule has 0 N–H and O–H groups in total. The molecule has 0 aromatic carbocycles. The molecule has 1 saturated heterocycles. The molecule has 12 heavy (non-hydrogen) atoms. The SMILES string of the molecule is CC(C)[C@H]1CN(C)CCCN1C. The van der Waals surface area contributed by atoms with Crippen LogP contribution in [0.3, 0.4) is 0 Å². The third-order valence-electron chi connectivity index (χ3n) is 2.89.